The van der Waals surface area contributed by atoms with Crippen LogP contribution in [0.25, 0.3) is 0 Å². The van der Waals surface area contributed by atoms with Gasteiger partial charge in [-0.3, -0.25) is 4.57 Å². The van der Waals surface area contributed by atoms with Crippen LogP contribution in [0.5, 0.6) is 11.8 Å². The zero-order chi connectivity index (χ0) is 10.7. The van der Waals surface area contributed by atoms with Crippen LogP contribution < -0.4 is 10.5 Å². The van der Waals surface area contributed by atoms with Gasteiger partial charge in [0.25, 0.3) is 0 Å². The Morgan fingerprint density at radius 1 is 1.33 bits per heavy atom. The third-order valence-electron chi connectivity index (χ3n) is 2.01. The Bertz CT molecular complexity index is 436. The Labute approximate surface area is 88.3 Å². The molecule has 1 aromatic heterocycles. The van der Waals surface area contributed by atoms with Crippen LogP contribution in [0.2, 0.25) is 0 Å². The number of aromatic nitrogens is 2. The fourth-order valence-corrected chi connectivity index (χ4v) is 1.33. The van der Waals surface area contributed by atoms with E-state index in [4.69, 9.17) is 10.5 Å². The lowest BCUT2D eigenvalue weighted by Crippen LogP contribution is -2.07. The Morgan fingerprint density at radius 3 is 2.73 bits per heavy atom. The molecule has 0 radical (unpaired) electrons. The molecular weight excluding hydrogens is 190 g/mol. The average molecular weight is 203 g/mol. The molecule has 0 spiro atoms. The Hall–Kier alpha value is -1.81. The van der Waals surface area contributed by atoms with E-state index in [0.29, 0.717) is 12.7 Å². The summed E-state index contributed by atoms with van der Waals surface area (Å²) >= 11 is 0. The number of nitrogens with two attached hydrogens (primary N) is 1. The third-order valence-corrected chi connectivity index (χ3v) is 2.01. The van der Waals surface area contributed by atoms with E-state index < -0.39 is 0 Å². The molecule has 15 heavy (non-hydrogen) atoms. The molecule has 0 atom stereocenters. The quantitative estimate of drug-likeness (QED) is 0.828. The van der Waals surface area contributed by atoms with E-state index >= 15 is 0 Å². The van der Waals surface area contributed by atoms with Crippen LogP contribution in [0.3, 0.4) is 0 Å². The lowest BCUT2D eigenvalue weighted by Gasteiger charge is -2.05. The highest BCUT2D eigenvalue weighted by Crippen LogP contribution is 2.19. The van der Waals surface area contributed by atoms with E-state index in [2.05, 4.69) is 4.98 Å². The van der Waals surface area contributed by atoms with Crippen molar-refractivity contribution in [3.05, 3.63) is 42.2 Å². The lowest BCUT2D eigenvalue weighted by molar-refractivity contribution is 0.413. The molecule has 1 heterocycles. The second kappa shape index (κ2) is 4.14. The van der Waals surface area contributed by atoms with E-state index in [1.165, 1.54) is 0 Å². The Balaban J connectivity index is 2.24. The number of hydrogen-bond acceptors (Lipinski definition) is 3. The van der Waals surface area contributed by atoms with Crippen LogP contribution >= 0.6 is 0 Å². The summed E-state index contributed by atoms with van der Waals surface area (Å²) in [6.07, 6.45) is 1.86. The number of rotatable bonds is 3. The molecule has 0 amide bonds. The molecule has 2 aromatic rings. The first-order chi connectivity index (χ1) is 7.29. The normalized spacial score (nSPS) is 10.3. The van der Waals surface area contributed by atoms with E-state index in [1.54, 1.807) is 4.57 Å². The highest BCUT2D eigenvalue weighted by molar-refractivity contribution is 5.25. The molecule has 2 N–H and O–H groups in total. The predicted molar refractivity (Wildman–Crippen MR) is 57.7 cm³/mol. The molecule has 0 fully saturated rings. The van der Waals surface area contributed by atoms with Gasteiger partial charge in [-0.15, -0.1) is 0 Å². The van der Waals surface area contributed by atoms with Crippen LogP contribution in [0, 0.1) is 6.92 Å². The molecule has 4 nitrogen and oxygen atoms in total. The number of aryl methyl sites for hydroxylation is 1. The summed E-state index contributed by atoms with van der Waals surface area (Å²) in [5.41, 5.74) is 6.46. The summed E-state index contributed by atoms with van der Waals surface area (Å²) in [4.78, 5) is 4.24. The standard InChI is InChI=1S/C11H13N3O/c1-9-7-14(8-12)11(13-9)15-10-5-3-2-4-6-10/h2-7H,8,12H2,1H3. The molecule has 0 aliphatic rings. The Kier molecular flexibility index (Phi) is 2.69. The van der Waals surface area contributed by atoms with Gasteiger partial charge < -0.3 is 10.5 Å². The summed E-state index contributed by atoms with van der Waals surface area (Å²) in [7, 11) is 0. The summed E-state index contributed by atoms with van der Waals surface area (Å²) in [6, 6.07) is 10.1. The average Bonchev–Trinajstić information content (AvgIpc) is 2.60. The summed E-state index contributed by atoms with van der Waals surface area (Å²) < 4.78 is 7.36. The van der Waals surface area contributed by atoms with Crippen molar-refractivity contribution in [3.63, 3.8) is 0 Å². The summed E-state index contributed by atoms with van der Waals surface area (Å²) in [5.74, 6) is 0.762. The maximum atomic E-state index is 5.59. The van der Waals surface area contributed by atoms with Crippen molar-refractivity contribution in [2.24, 2.45) is 5.73 Å². The number of nitrogens with zero attached hydrogens (tertiary/aromatic N) is 2. The lowest BCUT2D eigenvalue weighted by atomic mass is 10.3. The van der Waals surface area contributed by atoms with E-state index in [-0.39, 0.29) is 0 Å². The van der Waals surface area contributed by atoms with Gasteiger partial charge in [0.2, 0.25) is 0 Å². The number of para-hydroxylation sites is 1. The largest absolute Gasteiger partial charge is 0.425 e. The van der Waals surface area contributed by atoms with Crippen molar-refractivity contribution in [1.82, 2.24) is 9.55 Å². The molecule has 0 saturated heterocycles. The van der Waals surface area contributed by atoms with E-state index in [9.17, 15) is 0 Å². The van der Waals surface area contributed by atoms with Crippen LogP contribution in [0.1, 0.15) is 5.69 Å². The van der Waals surface area contributed by atoms with Crippen molar-refractivity contribution in [2.75, 3.05) is 0 Å². The highest BCUT2D eigenvalue weighted by atomic mass is 16.5. The number of imidazole rings is 1. The first-order valence-electron chi connectivity index (χ1n) is 4.76. The van der Waals surface area contributed by atoms with Gasteiger partial charge in [0.1, 0.15) is 5.75 Å². The third kappa shape index (κ3) is 2.16. The topological polar surface area (TPSA) is 53.1 Å². The smallest absolute Gasteiger partial charge is 0.303 e. The molecule has 0 bridgehead atoms. The van der Waals surface area contributed by atoms with E-state index in [1.807, 2.05) is 43.5 Å². The highest BCUT2D eigenvalue weighted by Gasteiger charge is 2.05. The van der Waals surface area contributed by atoms with Gasteiger partial charge in [-0.2, -0.15) is 0 Å². The zero-order valence-corrected chi connectivity index (χ0v) is 8.55. The molecule has 1 aromatic carbocycles. The van der Waals surface area contributed by atoms with Gasteiger partial charge in [0.05, 0.1) is 12.4 Å². The van der Waals surface area contributed by atoms with Crippen molar-refractivity contribution in [3.8, 4) is 11.8 Å². The molecular formula is C11H13N3O. The van der Waals surface area contributed by atoms with Crippen LogP contribution in [-0.4, -0.2) is 9.55 Å². The second-order valence-corrected chi connectivity index (χ2v) is 3.23. The Morgan fingerprint density at radius 2 is 2.07 bits per heavy atom. The van der Waals surface area contributed by atoms with Crippen molar-refractivity contribution >= 4 is 0 Å². The molecule has 4 heteroatoms. The molecule has 0 saturated carbocycles. The van der Waals surface area contributed by atoms with Crippen molar-refractivity contribution in [1.29, 1.82) is 0 Å². The summed E-state index contributed by atoms with van der Waals surface area (Å²) in [6.45, 7) is 2.27. The molecule has 2 rings (SSSR count). The van der Waals surface area contributed by atoms with Crippen molar-refractivity contribution < 1.29 is 4.74 Å². The van der Waals surface area contributed by atoms with Gasteiger partial charge in [-0.05, 0) is 19.1 Å². The molecule has 78 valence electrons. The fraction of sp³-hybridized carbons (Fsp3) is 0.182. The number of hydrogen-bond donors (Lipinski definition) is 1. The minimum absolute atomic E-state index is 0.364. The zero-order valence-electron chi connectivity index (χ0n) is 8.55. The molecule has 0 unspecified atom stereocenters. The number of benzene rings is 1. The van der Waals surface area contributed by atoms with Crippen molar-refractivity contribution in [2.45, 2.75) is 13.6 Å². The second-order valence-electron chi connectivity index (χ2n) is 3.23. The SMILES string of the molecule is Cc1cn(CN)c(Oc2ccccc2)n1. The van der Waals surface area contributed by atoms with Gasteiger partial charge in [-0.1, -0.05) is 18.2 Å². The monoisotopic (exact) mass is 203 g/mol. The molecule has 0 aliphatic carbocycles. The summed E-state index contributed by atoms with van der Waals surface area (Å²) in [5, 5.41) is 0. The maximum Gasteiger partial charge on any atom is 0.303 e. The van der Waals surface area contributed by atoms with E-state index in [0.717, 1.165) is 11.4 Å². The maximum absolute atomic E-state index is 5.59. The van der Waals surface area contributed by atoms with Crippen LogP contribution in [-0.2, 0) is 6.67 Å². The van der Waals surface area contributed by atoms with Gasteiger partial charge in [-0.25, -0.2) is 4.98 Å². The van der Waals surface area contributed by atoms with Gasteiger partial charge >= 0.3 is 6.01 Å². The number of ether oxygens (including phenoxy) is 1. The van der Waals surface area contributed by atoms with Crippen LogP contribution in [0.4, 0.5) is 0 Å². The first-order valence-corrected chi connectivity index (χ1v) is 4.76. The minimum Gasteiger partial charge on any atom is -0.425 e. The minimum atomic E-state index is 0.364. The fourth-order valence-electron chi connectivity index (χ4n) is 1.33. The van der Waals surface area contributed by atoms with Gasteiger partial charge in [0, 0.05) is 6.20 Å². The first kappa shape index (κ1) is 9.73. The molecule has 0 aliphatic heterocycles. The van der Waals surface area contributed by atoms with Gasteiger partial charge in [0.15, 0.2) is 0 Å². The van der Waals surface area contributed by atoms with Crippen LogP contribution in [0.15, 0.2) is 36.5 Å². The predicted octanol–water partition coefficient (Wildman–Crippen LogP) is 1.90.